The van der Waals surface area contributed by atoms with Gasteiger partial charge in [0.15, 0.2) is 5.69 Å². The molecule has 2 heterocycles. The lowest BCUT2D eigenvalue weighted by atomic mass is 10.2. The third kappa shape index (κ3) is 3.81. The number of aromatic nitrogens is 3. The van der Waals surface area contributed by atoms with Crippen molar-refractivity contribution in [2.45, 2.75) is 6.61 Å². The van der Waals surface area contributed by atoms with Crippen molar-refractivity contribution in [1.29, 1.82) is 0 Å². The summed E-state index contributed by atoms with van der Waals surface area (Å²) < 4.78 is 20.0. The summed E-state index contributed by atoms with van der Waals surface area (Å²) >= 11 is 7.62. The first-order valence-electron chi connectivity index (χ1n) is 8.26. The Hall–Kier alpha value is -3.03. The van der Waals surface area contributed by atoms with Gasteiger partial charge < -0.3 is 4.74 Å². The van der Waals surface area contributed by atoms with Crippen molar-refractivity contribution < 1.29 is 13.9 Å². The molecule has 0 atom stereocenters. The molecule has 8 heteroatoms. The lowest BCUT2D eigenvalue weighted by molar-refractivity contribution is 0.0459. The fraction of sp³-hybridized carbons (Fsp3) is 0.0500. The van der Waals surface area contributed by atoms with E-state index in [0.717, 1.165) is 10.6 Å². The summed E-state index contributed by atoms with van der Waals surface area (Å²) in [5.74, 6) is -0.903. The fourth-order valence-electron chi connectivity index (χ4n) is 2.60. The summed E-state index contributed by atoms with van der Waals surface area (Å²) in [6, 6.07) is 13.2. The van der Waals surface area contributed by atoms with Gasteiger partial charge in [0.05, 0.1) is 23.2 Å². The molecule has 4 rings (SSSR count). The molecule has 4 aromatic rings. The van der Waals surface area contributed by atoms with Gasteiger partial charge in [-0.05, 0) is 30.3 Å². The minimum Gasteiger partial charge on any atom is -0.454 e. The van der Waals surface area contributed by atoms with Crippen molar-refractivity contribution in [3.63, 3.8) is 0 Å². The minimum absolute atomic E-state index is 0.0222. The molecule has 2 aromatic heterocycles. The number of ether oxygens (including phenoxy) is 1. The highest BCUT2D eigenvalue weighted by Crippen LogP contribution is 2.30. The Morgan fingerprint density at radius 1 is 1.18 bits per heavy atom. The van der Waals surface area contributed by atoms with Gasteiger partial charge in [0.25, 0.3) is 0 Å². The quantitative estimate of drug-likeness (QED) is 0.425. The maximum atomic E-state index is 13.1. The Balaban J connectivity index is 1.47. The van der Waals surface area contributed by atoms with Crippen LogP contribution in [0.3, 0.4) is 0 Å². The van der Waals surface area contributed by atoms with Gasteiger partial charge in [0.1, 0.15) is 17.4 Å². The van der Waals surface area contributed by atoms with E-state index < -0.39 is 5.97 Å². The first-order valence-corrected chi connectivity index (χ1v) is 9.52. The maximum Gasteiger partial charge on any atom is 0.357 e. The molecule has 0 aliphatic rings. The Bertz CT molecular complexity index is 1120. The summed E-state index contributed by atoms with van der Waals surface area (Å²) in [5, 5.41) is 3.19. The second-order valence-corrected chi connectivity index (χ2v) is 7.09. The Labute approximate surface area is 169 Å². The molecule has 0 aliphatic carbocycles. The highest BCUT2D eigenvalue weighted by molar-refractivity contribution is 7.13. The van der Waals surface area contributed by atoms with Crippen LogP contribution < -0.4 is 0 Å². The van der Waals surface area contributed by atoms with E-state index in [1.165, 1.54) is 40.6 Å². The second kappa shape index (κ2) is 7.92. The molecule has 0 aliphatic heterocycles. The molecule has 0 unspecified atom stereocenters. The number of rotatable bonds is 5. The van der Waals surface area contributed by atoms with Crippen LogP contribution in [0, 0.1) is 5.82 Å². The number of thiazole rings is 1. The second-order valence-electron chi connectivity index (χ2n) is 5.83. The zero-order chi connectivity index (χ0) is 19.5. The van der Waals surface area contributed by atoms with Crippen molar-refractivity contribution >= 4 is 28.9 Å². The van der Waals surface area contributed by atoms with Gasteiger partial charge in [0, 0.05) is 16.6 Å². The predicted molar refractivity (Wildman–Crippen MR) is 105 cm³/mol. The van der Waals surface area contributed by atoms with E-state index in [9.17, 15) is 9.18 Å². The predicted octanol–water partition coefficient (Wildman–Crippen LogP) is 5.15. The lowest BCUT2D eigenvalue weighted by Crippen LogP contribution is -2.11. The van der Waals surface area contributed by atoms with Gasteiger partial charge >= 0.3 is 5.97 Å². The van der Waals surface area contributed by atoms with Crippen LogP contribution in [-0.4, -0.2) is 20.5 Å². The average Bonchev–Trinajstić information content (AvgIpc) is 3.37. The average molecular weight is 414 g/mol. The molecular formula is C20H13ClFN3O2S. The van der Waals surface area contributed by atoms with Crippen LogP contribution in [0.5, 0.6) is 0 Å². The molecule has 0 saturated heterocycles. The van der Waals surface area contributed by atoms with Crippen LogP contribution in [0.1, 0.15) is 16.2 Å². The van der Waals surface area contributed by atoms with Crippen LogP contribution >= 0.6 is 22.9 Å². The van der Waals surface area contributed by atoms with E-state index >= 15 is 0 Å². The molecule has 0 spiro atoms. The number of carbonyl (C=O) groups excluding carboxylic acids is 1. The first-order chi connectivity index (χ1) is 13.6. The number of hydrogen-bond donors (Lipinski definition) is 0. The number of imidazole rings is 1. The first kappa shape index (κ1) is 18.3. The molecule has 28 heavy (non-hydrogen) atoms. The van der Waals surface area contributed by atoms with Crippen LogP contribution in [0.25, 0.3) is 16.3 Å². The maximum absolute atomic E-state index is 13.1. The molecule has 0 radical (unpaired) electrons. The summed E-state index contributed by atoms with van der Waals surface area (Å²) in [7, 11) is 0. The number of nitrogens with zero attached hydrogens (tertiary/aromatic N) is 3. The smallest absolute Gasteiger partial charge is 0.357 e. The van der Waals surface area contributed by atoms with E-state index in [2.05, 4.69) is 9.97 Å². The summed E-state index contributed by atoms with van der Waals surface area (Å²) in [5.41, 5.74) is 2.32. The van der Waals surface area contributed by atoms with E-state index in [0.29, 0.717) is 16.4 Å². The third-order valence-corrected chi connectivity index (χ3v) is 5.21. The monoisotopic (exact) mass is 413 g/mol. The van der Waals surface area contributed by atoms with Crippen molar-refractivity contribution in [3.8, 4) is 16.3 Å². The number of benzene rings is 2. The Kier molecular flexibility index (Phi) is 5.18. The van der Waals surface area contributed by atoms with E-state index in [-0.39, 0.29) is 18.1 Å². The molecule has 5 nitrogen and oxygen atoms in total. The van der Waals surface area contributed by atoms with Crippen LogP contribution in [0.2, 0.25) is 5.02 Å². The number of hydrogen-bond acceptors (Lipinski definition) is 5. The van der Waals surface area contributed by atoms with Crippen molar-refractivity contribution in [2.75, 3.05) is 0 Å². The molecule has 2 aromatic carbocycles. The van der Waals surface area contributed by atoms with Gasteiger partial charge in [-0.2, -0.15) is 0 Å². The highest BCUT2D eigenvalue weighted by Gasteiger charge is 2.16. The minimum atomic E-state index is -0.547. The van der Waals surface area contributed by atoms with Crippen LogP contribution in [0.4, 0.5) is 4.39 Å². The fourth-order valence-corrected chi connectivity index (χ4v) is 3.72. The van der Waals surface area contributed by atoms with Gasteiger partial charge in [-0.3, -0.25) is 4.57 Å². The van der Waals surface area contributed by atoms with E-state index in [1.807, 2.05) is 23.6 Å². The zero-order valence-electron chi connectivity index (χ0n) is 14.4. The summed E-state index contributed by atoms with van der Waals surface area (Å²) in [6.07, 6.45) is 2.88. The number of halogens is 2. The highest BCUT2D eigenvalue weighted by atomic mass is 35.5. The lowest BCUT2D eigenvalue weighted by Gasteiger charge is -2.07. The molecule has 0 saturated carbocycles. The van der Waals surface area contributed by atoms with Crippen molar-refractivity contribution in [3.05, 3.63) is 88.7 Å². The standard InChI is InChI=1S/C20H13ClFN3O2S/c21-17-4-2-1-3-16(17)19-24-14(11-28-19)10-27-20(26)18-9-23-12-25(18)15-7-5-13(22)6-8-15/h1-9,11-12H,10H2. The SMILES string of the molecule is O=C(OCc1csc(-c2ccccc2Cl)n1)c1cncn1-c1ccc(F)cc1. The van der Waals surface area contributed by atoms with Gasteiger partial charge in [-0.15, -0.1) is 11.3 Å². The molecule has 0 N–H and O–H groups in total. The van der Waals surface area contributed by atoms with Gasteiger partial charge in [-0.25, -0.2) is 19.2 Å². The van der Waals surface area contributed by atoms with Gasteiger partial charge in [-0.1, -0.05) is 29.8 Å². The number of esters is 1. The topological polar surface area (TPSA) is 57.0 Å². The molecule has 0 bridgehead atoms. The van der Waals surface area contributed by atoms with Gasteiger partial charge in [0.2, 0.25) is 0 Å². The molecular weight excluding hydrogens is 401 g/mol. The summed E-state index contributed by atoms with van der Waals surface area (Å²) in [6.45, 7) is 0.0222. The molecule has 140 valence electrons. The van der Waals surface area contributed by atoms with E-state index in [4.69, 9.17) is 16.3 Å². The largest absolute Gasteiger partial charge is 0.454 e. The van der Waals surface area contributed by atoms with E-state index in [1.54, 1.807) is 18.2 Å². The van der Waals surface area contributed by atoms with Crippen LogP contribution in [-0.2, 0) is 11.3 Å². The number of carbonyl (C=O) groups is 1. The zero-order valence-corrected chi connectivity index (χ0v) is 16.0. The third-order valence-electron chi connectivity index (χ3n) is 3.96. The molecule has 0 amide bonds. The van der Waals surface area contributed by atoms with Crippen LogP contribution in [0.15, 0.2) is 66.4 Å². The summed E-state index contributed by atoms with van der Waals surface area (Å²) in [4.78, 5) is 20.9. The van der Waals surface area contributed by atoms with Crippen molar-refractivity contribution in [1.82, 2.24) is 14.5 Å². The molecule has 0 fully saturated rings. The Morgan fingerprint density at radius 2 is 1.96 bits per heavy atom. The van der Waals surface area contributed by atoms with Crippen molar-refractivity contribution in [2.24, 2.45) is 0 Å². The Morgan fingerprint density at radius 3 is 2.75 bits per heavy atom. The normalized spacial score (nSPS) is 10.8.